The van der Waals surface area contributed by atoms with Crippen LogP contribution in [-0.4, -0.2) is 47.3 Å². The molecule has 1 aliphatic rings. The van der Waals surface area contributed by atoms with Gasteiger partial charge in [-0.1, -0.05) is 29.8 Å². The number of ether oxygens (including phenoxy) is 1. The third-order valence-corrected chi connectivity index (χ3v) is 4.04. The molecular weight excluding hydrogens is 294 g/mol. The lowest BCUT2D eigenvalue weighted by molar-refractivity contribution is 0.0690. The van der Waals surface area contributed by atoms with Crippen molar-refractivity contribution in [2.75, 3.05) is 25.1 Å². The van der Waals surface area contributed by atoms with Crippen LogP contribution in [-0.2, 0) is 4.74 Å². The standard InChI is InChI=1S/C17H19N3O3/c1-11-3-5-12(6-4-11)16-18-14(17(21)22)9-15(19-16)20-8-7-13(10-20)23-2/h3-6,9,13H,7-8,10H2,1-2H3,(H,21,22). The molecule has 0 amide bonds. The van der Waals surface area contributed by atoms with E-state index in [-0.39, 0.29) is 11.8 Å². The SMILES string of the molecule is COC1CCN(c2cc(C(=O)O)nc(-c3ccc(C)cc3)n2)C1. The highest BCUT2D eigenvalue weighted by molar-refractivity contribution is 5.87. The Morgan fingerprint density at radius 2 is 2.04 bits per heavy atom. The zero-order chi connectivity index (χ0) is 16.4. The first-order valence-corrected chi connectivity index (χ1v) is 7.54. The van der Waals surface area contributed by atoms with Crippen LogP contribution in [0.2, 0.25) is 0 Å². The van der Waals surface area contributed by atoms with Crippen LogP contribution in [0.25, 0.3) is 11.4 Å². The molecule has 1 atom stereocenters. The molecule has 1 saturated heterocycles. The van der Waals surface area contributed by atoms with E-state index in [1.54, 1.807) is 7.11 Å². The number of carboxylic acids is 1. The van der Waals surface area contributed by atoms with E-state index in [0.717, 1.165) is 24.1 Å². The van der Waals surface area contributed by atoms with Crippen LogP contribution in [0.5, 0.6) is 0 Å². The summed E-state index contributed by atoms with van der Waals surface area (Å²) in [6, 6.07) is 9.26. The molecule has 0 aliphatic carbocycles. The van der Waals surface area contributed by atoms with Gasteiger partial charge in [0.25, 0.3) is 0 Å². The van der Waals surface area contributed by atoms with Gasteiger partial charge in [0, 0.05) is 31.8 Å². The van der Waals surface area contributed by atoms with Crippen LogP contribution >= 0.6 is 0 Å². The minimum absolute atomic E-state index is 0.00596. The maximum Gasteiger partial charge on any atom is 0.354 e. The fourth-order valence-electron chi connectivity index (χ4n) is 2.67. The quantitative estimate of drug-likeness (QED) is 0.934. The fourth-order valence-corrected chi connectivity index (χ4v) is 2.67. The van der Waals surface area contributed by atoms with E-state index in [1.807, 2.05) is 36.1 Å². The first kappa shape index (κ1) is 15.4. The first-order valence-electron chi connectivity index (χ1n) is 7.54. The van der Waals surface area contributed by atoms with Gasteiger partial charge in [0.15, 0.2) is 11.5 Å². The summed E-state index contributed by atoms with van der Waals surface area (Å²) in [7, 11) is 1.69. The molecule has 6 nitrogen and oxygen atoms in total. The van der Waals surface area contributed by atoms with Crippen molar-refractivity contribution in [3.8, 4) is 11.4 Å². The number of aryl methyl sites for hydroxylation is 1. The second kappa shape index (κ2) is 6.34. The van der Waals surface area contributed by atoms with E-state index in [1.165, 1.54) is 6.07 Å². The molecule has 2 heterocycles. The summed E-state index contributed by atoms with van der Waals surface area (Å²) in [5, 5.41) is 9.33. The summed E-state index contributed by atoms with van der Waals surface area (Å²) in [5.41, 5.74) is 1.94. The summed E-state index contributed by atoms with van der Waals surface area (Å²) in [4.78, 5) is 22.2. The van der Waals surface area contributed by atoms with E-state index in [2.05, 4.69) is 9.97 Å². The van der Waals surface area contributed by atoms with Crippen molar-refractivity contribution in [1.82, 2.24) is 9.97 Å². The van der Waals surface area contributed by atoms with Gasteiger partial charge in [-0.2, -0.15) is 0 Å². The zero-order valence-corrected chi connectivity index (χ0v) is 13.2. The van der Waals surface area contributed by atoms with Crippen LogP contribution in [0.15, 0.2) is 30.3 Å². The summed E-state index contributed by atoms with van der Waals surface area (Å²) in [5.74, 6) is 0.0118. The average molecular weight is 313 g/mol. The number of benzene rings is 1. The van der Waals surface area contributed by atoms with Gasteiger partial charge >= 0.3 is 5.97 Å². The lowest BCUT2D eigenvalue weighted by Crippen LogP contribution is -2.24. The van der Waals surface area contributed by atoms with Crippen LogP contribution in [0.3, 0.4) is 0 Å². The van der Waals surface area contributed by atoms with E-state index in [4.69, 9.17) is 4.74 Å². The Kier molecular flexibility index (Phi) is 4.25. The van der Waals surface area contributed by atoms with Crippen molar-refractivity contribution < 1.29 is 14.6 Å². The normalized spacial score (nSPS) is 17.5. The van der Waals surface area contributed by atoms with E-state index >= 15 is 0 Å². The Balaban J connectivity index is 2.00. The van der Waals surface area contributed by atoms with Crippen molar-refractivity contribution in [2.24, 2.45) is 0 Å². The second-order valence-corrected chi connectivity index (χ2v) is 5.70. The highest BCUT2D eigenvalue weighted by Crippen LogP contribution is 2.24. The number of aromatic carboxylic acids is 1. The number of hydrogen-bond acceptors (Lipinski definition) is 5. The number of rotatable bonds is 4. The second-order valence-electron chi connectivity index (χ2n) is 5.70. The number of carbonyl (C=O) groups is 1. The number of methoxy groups -OCH3 is 1. The van der Waals surface area contributed by atoms with Gasteiger partial charge in [-0.15, -0.1) is 0 Å². The smallest absolute Gasteiger partial charge is 0.354 e. The number of anilines is 1. The van der Waals surface area contributed by atoms with E-state index in [9.17, 15) is 9.90 Å². The maximum atomic E-state index is 11.4. The van der Waals surface area contributed by atoms with Crippen molar-refractivity contribution >= 4 is 11.8 Å². The number of nitrogens with zero attached hydrogens (tertiary/aromatic N) is 3. The number of hydrogen-bond donors (Lipinski definition) is 1. The van der Waals surface area contributed by atoms with Gasteiger partial charge in [0.1, 0.15) is 5.82 Å². The fraction of sp³-hybridized carbons (Fsp3) is 0.353. The average Bonchev–Trinajstić information content (AvgIpc) is 3.04. The molecule has 6 heteroatoms. The summed E-state index contributed by atoms with van der Waals surface area (Å²) >= 11 is 0. The number of carboxylic acid groups (broad SMARTS) is 1. The van der Waals surface area contributed by atoms with E-state index in [0.29, 0.717) is 18.2 Å². The minimum atomic E-state index is -1.05. The number of aromatic nitrogens is 2. The van der Waals surface area contributed by atoms with Crippen molar-refractivity contribution in [1.29, 1.82) is 0 Å². The largest absolute Gasteiger partial charge is 0.477 e. The molecule has 120 valence electrons. The Morgan fingerprint density at radius 3 is 2.65 bits per heavy atom. The monoisotopic (exact) mass is 313 g/mol. The molecule has 1 unspecified atom stereocenters. The topological polar surface area (TPSA) is 75.5 Å². The summed E-state index contributed by atoms with van der Waals surface area (Å²) in [6.07, 6.45) is 1.06. The van der Waals surface area contributed by atoms with Crippen molar-refractivity contribution in [2.45, 2.75) is 19.4 Å². The highest BCUT2D eigenvalue weighted by Gasteiger charge is 2.25. The Morgan fingerprint density at radius 1 is 1.30 bits per heavy atom. The molecule has 1 aromatic heterocycles. The van der Waals surface area contributed by atoms with Crippen LogP contribution in [0.1, 0.15) is 22.5 Å². The molecule has 2 aromatic rings. The molecule has 0 spiro atoms. The molecule has 1 fully saturated rings. The minimum Gasteiger partial charge on any atom is -0.477 e. The van der Waals surface area contributed by atoms with Gasteiger partial charge in [0.2, 0.25) is 0 Å². The van der Waals surface area contributed by atoms with Crippen LogP contribution in [0, 0.1) is 6.92 Å². The first-order chi connectivity index (χ1) is 11.1. The predicted molar refractivity (Wildman–Crippen MR) is 86.8 cm³/mol. The summed E-state index contributed by atoms with van der Waals surface area (Å²) in [6.45, 7) is 3.50. The molecule has 0 radical (unpaired) electrons. The van der Waals surface area contributed by atoms with Gasteiger partial charge in [-0.3, -0.25) is 0 Å². The predicted octanol–water partition coefficient (Wildman–Crippen LogP) is 2.38. The molecule has 3 rings (SSSR count). The third-order valence-electron chi connectivity index (χ3n) is 4.04. The van der Waals surface area contributed by atoms with Crippen LogP contribution in [0.4, 0.5) is 5.82 Å². The summed E-state index contributed by atoms with van der Waals surface area (Å²) < 4.78 is 5.37. The van der Waals surface area contributed by atoms with Crippen LogP contribution < -0.4 is 4.90 Å². The highest BCUT2D eigenvalue weighted by atomic mass is 16.5. The Hall–Kier alpha value is -2.47. The molecule has 1 aliphatic heterocycles. The van der Waals surface area contributed by atoms with Gasteiger partial charge in [-0.05, 0) is 13.3 Å². The van der Waals surface area contributed by atoms with Crippen molar-refractivity contribution in [3.63, 3.8) is 0 Å². The van der Waals surface area contributed by atoms with E-state index < -0.39 is 5.97 Å². The molecular formula is C17H19N3O3. The van der Waals surface area contributed by atoms with Crippen molar-refractivity contribution in [3.05, 3.63) is 41.6 Å². The molecule has 23 heavy (non-hydrogen) atoms. The van der Waals surface area contributed by atoms with Gasteiger partial charge in [-0.25, -0.2) is 14.8 Å². The third kappa shape index (κ3) is 3.32. The maximum absolute atomic E-state index is 11.4. The molecule has 1 N–H and O–H groups in total. The van der Waals surface area contributed by atoms with Gasteiger partial charge in [0.05, 0.1) is 6.10 Å². The lowest BCUT2D eigenvalue weighted by Gasteiger charge is -2.18. The Bertz CT molecular complexity index is 716. The zero-order valence-electron chi connectivity index (χ0n) is 13.2. The molecule has 1 aromatic carbocycles. The Labute approximate surface area is 134 Å². The van der Waals surface area contributed by atoms with Gasteiger partial charge < -0.3 is 14.7 Å². The lowest BCUT2D eigenvalue weighted by atomic mass is 10.1. The molecule has 0 saturated carbocycles. The molecule has 0 bridgehead atoms.